The fourth-order valence-corrected chi connectivity index (χ4v) is 2.71. The van der Waals surface area contributed by atoms with Crippen LogP contribution in [0.5, 0.6) is 0 Å². The Hall–Kier alpha value is -2.75. The van der Waals surface area contributed by atoms with E-state index in [9.17, 15) is 9.59 Å². The number of anilines is 2. The quantitative estimate of drug-likeness (QED) is 0.265. The minimum absolute atomic E-state index is 0. The van der Waals surface area contributed by atoms with Crippen LogP contribution in [0.25, 0.3) is 0 Å². The van der Waals surface area contributed by atoms with Gasteiger partial charge in [-0.15, -0.1) is 36.6 Å². The minimum atomic E-state index is -0.228. The fraction of sp³-hybridized carbons (Fsp3) is 0.111. The van der Waals surface area contributed by atoms with Crippen molar-refractivity contribution in [3.05, 3.63) is 59.7 Å². The van der Waals surface area contributed by atoms with Crippen LogP contribution in [0.2, 0.25) is 0 Å². The second kappa shape index (κ2) is 12.7. The molecular weight excluding hydrogens is 435 g/mol. The lowest BCUT2D eigenvalue weighted by atomic mass is 10.2. The standard InChI is InChI=1S/C18H20N6O2S.2ClH/c19-17(20)11-1-5-13(6-2-11)23-15(25)9-27-10-16(26)24-14-7-3-12(4-8-14)18(21)22;;/h1-8H,9-10H2,(H3,19,20)(H3,21,22)(H,23,25)(H,24,26);2*1H. The van der Waals surface area contributed by atoms with Gasteiger partial charge in [0.1, 0.15) is 11.7 Å². The van der Waals surface area contributed by atoms with Gasteiger partial charge in [0.25, 0.3) is 0 Å². The molecule has 11 heteroatoms. The van der Waals surface area contributed by atoms with Crippen LogP contribution in [0.3, 0.4) is 0 Å². The van der Waals surface area contributed by atoms with Gasteiger partial charge in [0.05, 0.1) is 11.5 Å². The molecule has 2 rings (SSSR count). The van der Waals surface area contributed by atoms with Crippen LogP contribution < -0.4 is 22.1 Å². The van der Waals surface area contributed by atoms with E-state index in [1.165, 1.54) is 11.8 Å². The summed E-state index contributed by atoms with van der Waals surface area (Å²) in [6.07, 6.45) is 0. The lowest BCUT2D eigenvalue weighted by Gasteiger charge is -2.07. The molecule has 2 aromatic rings. The van der Waals surface area contributed by atoms with E-state index in [2.05, 4.69) is 10.6 Å². The van der Waals surface area contributed by atoms with Crippen molar-refractivity contribution in [1.29, 1.82) is 10.8 Å². The number of benzene rings is 2. The Morgan fingerprint density at radius 1 is 0.724 bits per heavy atom. The highest BCUT2D eigenvalue weighted by Gasteiger charge is 2.07. The number of thioether (sulfide) groups is 1. The zero-order chi connectivity index (χ0) is 19.8. The third-order valence-corrected chi connectivity index (χ3v) is 4.36. The topological polar surface area (TPSA) is 158 Å². The van der Waals surface area contributed by atoms with Crippen LogP contribution in [-0.2, 0) is 9.59 Å². The second-order valence-corrected chi connectivity index (χ2v) is 6.56. The third kappa shape index (κ3) is 8.86. The molecule has 0 fully saturated rings. The summed E-state index contributed by atoms with van der Waals surface area (Å²) in [5.41, 5.74) is 13.1. The Kier molecular flexibility index (Phi) is 11.5. The van der Waals surface area contributed by atoms with E-state index in [4.69, 9.17) is 22.3 Å². The summed E-state index contributed by atoms with van der Waals surface area (Å²) >= 11 is 1.19. The van der Waals surface area contributed by atoms with Crippen LogP contribution in [0.1, 0.15) is 11.1 Å². The third-order valence-electron chi connectivity index (χ3n) is 3.43. The Bertz CT molecular complexity index is 788. The molecule has 0 unspecified atom stereocenters. The Labute approximate surface area is 185 Å². The number of carbonyl (C=O) groups is 2. The summed E-state index contributed by atoms with van der Waals surface area (Å²) in [5.74, 6) is -0.268. The maximum absolute atomic E-state index is 11.9. The van der Waals surface area contributed by atoms with Crippen molar-refractivity contribution in [2.45, 2.75) is 0 Å². The average molecular weight is 457 g/mol. The van der Waals surface area contributed by atoms with Gasteiger partial charge in [-0.2, -0.15) is 0 Å². The SMILES string of the molecule is Cl.Cl.N=C(N)c1ccc(NC(=O)CSCC(=O)Nc2ccc(C(=N)N)cc2)cc1. The van der Waals surface area contributed by atoms with Gasteiger partial charge < -0.3 is 22.1 Å². The minimum Gasteiger partial charge on any atom is -0.384 e. The zero-order valence-corrected chi connectivity index (χ0v) is 17.7. The number of nitrogen functional groups attached to an aromatic ring is 2. The largest absolute Gasteiger partial charge is 0.384 e. The van der Waals surface area contributed by atoms with Gasteiger partial charge in [-0.1, -0.05) is 0 Å². The van der Waals surface area contributed by atoms with Crippen LogP contribution in [0.15, 0.2) is 48.5 Å². The van der Waals surface area contributed by atoms with E-state index in [1.54, 1.807) is 48.5 Å². The molecule has 0 spiro atoms. The van der Waals surface area contributed by atoms with Crippen molar-refractivity contribution >= 4 is 71.4 Å². The van der Waals surface area contributed by atoms with Crippen molar-refractivity contribution in [2.24, 2.45) is 11.5 Å². The molecule has 0 heterocycles. The number of rotatable bonds is 8. The predicted molar refractivity (Wildman–Crippen MR) is 124 cm³/mol. The second-order valence-electron chi connectivity index (χ2n) is 5.57. The predicted octanol–water partition coefficient (Wildman–Crippen LogP) is 2.41. The number of halogens is 2. The molecular formula is C18H22Cl2N6O2S. The molecule has 0 aliphatic carbocycles. The molecule has 0 atom stereocenters. The molecule has 0 aliphatic rings. The molecule has 8 N–H and O–H groups in total. The molecule has 0 saturated heterocycles. The molecule has 2 aromatic carbocycles. The number of hydrogen-bond acceptors (Lipinski definition) is 5. The van der Waals surface area contributed by atoms with Gasteiger partial charge in [0, 0.05) is 22.5 Å². The van der Waals surface area contributed by atoms with Crippen molar-refractivity contribution in [3.63, 3.8) is 0 Å². The lowest BCUT2D eigenvalue weighted by Crippen LogP contribution is -2.18. The maximum Gasteiger partial charge on any atom is 0.234 e. The molecule has 0 aliphatic heterocycles. The molecule has 0 radical (unpaired) electrons. The summed E-state index contributed by atoms with van der Waals surface area (Å²) in [6.45, 7) is 0. The van der Waals surface area contributed by atoms with E-state index in [1.807, 2.05) is 0 Å². The lowest BCUT2D eigenvalue weighted by molar-refractivity contribution is -0.114. The number of hydrogen-bond donors (Lipinski definition) is 6. The number of amides is 2. The fourth-order valence-electron chi connectivity index (χ4n) is 2.10. The van der Waals surface area contributed by atoms with Gasteiger partial charge in [-0.25, -0.2) is 0 Å². The number of carbonyl (C=O) groups excluding carboxylic acids is 2. The zero-order valence-electron chi connectivity index (χ0n) is 15.2. The van der Waals surface area contributed by atoms with Crippen molar-refractivity contribution in [2.75, 3.05) is 22.1 Å². The summed E-state index contributed by atoms with van der Waals surface area (Å²) in [6, 6.07) is 13.2. The molecule has 0 bridgehead atoms. The number of nitrogens with one attached hydrogen (secondary N) is 4. The summed E-state index contributed by atoms with van der Waals surface area (Å²) < 4.78 is 0. The van der Waals surface area contributed by atoms with Crippen molar-refractivity contribution < 1.29 is 9.59 Å². The normalized spacial score (nSPS) is 9.38. The van der Waals surface area contributed by atoms with E-state index < -0.39 is 0 Å². The van der Waals surface area contributed by atoms with E-state index in [-0.39, 0.29) is 59.8 Å². The number of nitrogens with two attached hydrogens (primary N) is 2. The van der Waals surface area contributed by atoms with E-state index >= 15 is 0 Å². The average Bonchev–Trinajstić information content (AvgIpc) is 2.62. The molecule has 29 heavy (non-hydrogen) atoms. The first kappa shape index (κ1) is 26.2. The molecule has 0 saturated carbocycles. The smallest absolute Gasteiger partial charge is 0.234 e. The van der Waals surface area contributed by atoms with Crippen LogP contribution >= 0.6 is 36.6 Å². The monoisotopic (exact) mass is 456 g/mol. The first-order valence-corrected chi connectivity index (χ1v) is 9.07. The first-order chi connectivity index (χ1) is 12.8. The van der Waals surface area contributed by atoms with E-state index in [0.717, 1.165) is 0 Å². The van der Waals surface area contributed by atoms with Crippen molar-refractivity contribution in [1.82, 2.24) is 0 Å². The van der Waals surface area contributed by atoms with Crippen molar-refractivity contribution in [3.8, 4) is 0 Å². The Morgan fingerprint density at radius 2 is 1.03 bits per heavy atom. The maximum atomic E-state index is 11.9. The van der Waals surface area contributed by atoms with Gasteiger partial charge in [-0.05, 0) is 48.5 Å². The van der Waals surface area contributed by atoms with Gasteiger partial charge in [-0.3, -0.25) is 20.4 Å². The summed E-state index contributed by atoms with van der Waals surface area (Å²) in [5, 5.41) is 20.1. The molecule has 2 amide bonds. The Morgan fingerprint density at radius 3 is 1.31 bits per heavy atom. The molecule has 0 aromatic heterocycles. The summed E-state index contributed by atoms with van der Waals surface area (Å²) in [4.78, 5) is 23.8. The van der Waals surface area contributed by atoms with Crippen LogP contribution in [-0.4, -0.2) is 35.0 Å². The van der Waals surface area contributed by atoms with E-state index in [0.29, 0.717) is 22.5 Å². The van der Waals surface area contributed by atoms with Crippen LogP contribution in [0.4, 0.5) is 11.4 Å². The number of amidine groups is 2. The highest BCUT2D eigenvalue weighted by Crippen LogP contribution is 2.12. The van der Waals surface area contributed by atoms with Gasteiger partial charge >= 0.3 is 0 Å². The van der Waals surface area contributed by atoms with Gasteiger partial charge in [0.15, 0.2) is 0 Å². The first-order valence-electron chi connectivity index (χ1n) is 7.91. The highest BCUT2D eigenvalue weighted by molar-refractivity contribution is 8.00. The molecule has 156 valence electrons. The summed E-state index contributed by atoms with van der Waals surface area (Å²) in [7, 11) is 0. The van der Waals surface area contributed by atoms with Gasteiger partial charge in [0.2, 0.25) is 11.8 Å². The molecule has 8 nitrogen and oxygen atoms in total. The van der Waals surface area contributed by atoms with Crippen LogP contribution in [0, 0.1) is 10.8 Å². The Balaban J connectivity index is 0.00000392. The highest BCUT2D eigenvalue weighted by atomic mass is 35.5.